The molecule has 35 heavy (non-hydrogen) atoms. The van der Waals surface area contributed by atoms with Crippen molar-refractivity contribution in [2.24, 2.45) is 28.6 Å². The van der Waals surface area contributed by atoms with Crippen LogP contribution in [0.5, 0.6) is 0 Å². The average Bonchev–Trinajstić information content (AvgIpc) is 2.75. The molecule has 0 spiro atoms. The number of allylic oxidation sites excluding steroid dienone is 2. The molecule has 7 heteroatoms. The van der Waals surface area contributed by atoms with Gasteiger partial charge in [-0.2, -0.15) is 8.42 Å². The van der Waals surface area contributed by atoms with Gasteiger partial charge in [0, 0.05) is 25.2 Å². The Kier molecular flexibility index (Phi) is 6.97. The number of hydrogen-bond donors (Lipinski definition) is 0. The third-order valence-electron chi connectivity index (χ3n) is 8.79. The van der Waals surface area contributed by atoms with E-state index < -0.39 is 15.5 Å². The normalized spacial score (nSPS) is 33.0. The molecule has 0 N–H and O–H groups in total. The largest absolute Gasteiger partial charge is 0.300 e. The highest BCUT2D eigenvalue weighted by Gasteiger charge is 2.58. The zero-order valence-electron chi connectivity index (χ0n) is 21.1. The Balaban J connectivity index is 1.60. The summed E-state index contributed by atoms with van der Waals surface area (Å²) in [7, 11) is -3.90. The van der Waals surface area contributed by atoms with Crippen molar-refractivity contribution in [2.75, 3.05) is 6.61 Å². The summed E-state index contributed by atoms with van der Waals surface area (Å²) in [5.41, 5.74) is 1.16. The molecule has 3 aliphatic carbocycles. The standard InChI is InChI=1S/C28H36O6S/c1-18-5-8-22(9-6-18)35(32,33)34-14-12-24-23-10-7-20-15-21(30)11-13-28(20,4)26(23)25(31)17-27(24,3)16-19(2)29/h5-6,8-9,15,23-24,26H,7,10-14,16-17H2,1-4H3. The number of benzene rings is 1. The predicted octanol–water partition coefficient (Wildman–Crippen LogP) is 4.99. The number of rotatable bonds is 7. The minimum atomic E-state index is -3.90. The van der Waals surface area contributed by atoms with Crippen LogP contribution >= 0.6 is 0 Å². The number of carbonyl (C=O) groups excluding carboxylic acids is 3. The maximum atomic E-state index is 13.6. The molecule has 0 heterocycles. The maximum Gasteiger partial charge on any atom is 0.296 e. The summed E-state index contributed by atoms with van der Waals surface area (Å²) in [6.45, 7) is 7.56. The third-order valence-corrected chi connectivity index (χ3v) is 10.1. The Hall–Kier alpha value is -2.12. The molecule has 1 aromatic carbocycles. The van der Waals surface area contributed by atoms with Gasteiger partial charge in [0.2, 0.25) is 0 Å². The summed E-state index contributed by atoms with van der Waals surface area (Å²) in [6, 6.07) is 6.56. The molecule has 3 aliphatic rings. The van der Waals surface area contributed by atoms with Crippen LogP contribution in [0.2, 0.25) is 0 Å². The quantitative estimate of drug-likeness (QED) is 0.490. The smallest absolute Gasteiger partial charge is 0.296 e. The molecule has 6 nitrogen and oxygen atoms in total. The van der Waals surface area contributed by atoms with Gasteiger partial charge in [0.1, 0.15) is 11.6 Å². The van der Waals surface area contributed by atoms with Gasteiger partial charge in [-0.3, -0.25) is 13.8 Å². The van der Waals surface area contributed by atoms with Gasteiger partial charge in [-0.05, 0) is 80.4 Å². The minimum Gasteiger partial charge on any atom is -0.300 e. The van der Waals surface area contributed by atoms with E-state index >= 15 is 0 Å². The van der Waals surface area contributed by atoms with E-state index in [4.69, 9.17) is 4.18 Å². The Morgan fingerprint density at radius 1 is 1.11 bits per heavy atom. The van der Waals surface area contributed by atoms with Crippen LogP contribution in [0.15, 0.2) is 40.8 Å². The molecule has 2 fully saturated rings. The van der Waals surface area contributed by atoms with E-state index in [1.54, 1.807) is 37.3 Å². The molecule has 5 unspecified atom stereocenters. The molecule has 0 aliphatic heterocycles. The number of Topliss-reactive ketones (excluding diaryl/α,β-unsaturated/α-hetero) is 2. The maximum absolute atomic E-state index is 13.6. The van der Waals surface area contributed by atoms with E-state index in [2.05, 4.69) is 6.92 Å². The van der Waals surface area contributed by atoms with Crippen molar-refractivity contribution in [3.05, 3.63) is 41.5 Å². The van der Waals surface area contributed by atoms with Gasteiger partial charge in [0.25, 0.3) is 10.1 Å². The lowest BCUT2D eigenvalue weighted by Gasteiger charge is -2.57. The highest BCUT2D eigenvalue weighted by molar-refractivity contribution is 7.86. The van der Waals surface area contributed by atoms with Gasteiger partial charge in [-0.1, -0.05) is 37.1 Å². The van der Waals surface area contributed by atoms with Gasteiger partial charge in [-0.15, -0.1) is 0 Å². The lowest BCUT2D eigenvalue weighted by Crippen LogP contribution is -2.55. The van der Waals surface area contributed by atoms with Crippen molar-refractivity contribution < 1.29 is 27.0 Å². The molecule has 0 saturated heterocycles. The predicted molar refractivity (Wildman–Crippen MR) is 132 cm³/mol. The highest BCUT2D eigenvalue weighted by Crippen LogP contribution is 2.61. The van der Waals surface area contributed by atoms with Crippen molar-refractivity contribution in [3.63, 3.8) is 0 Å². The molecule has 0 amide bonds. The third kappa shape index (κ3) is 4.94. The second-order valence-electron chi connectivity index (χ2n) is 11.4. The van der Waals surface area contributed by atoms with Crippen molar-refractivity contribution >= 4 is 27.5 Å². The molecule has 1 aromatic rings. The van der Waals surface area contributed by atoms with Gasteiger partial charge in [0.05, 0.1) is 11.5 Å². The number of hydrogen-bond acceptors (Lipinski definition) is 6. The average molecular weight is 501 g/mol. The number of carbonyl (C=O) groups is 3. The first kappa shape index (κ1) is 26.0. The van der Waals surface area contributed by atoms with Crippen LogP contribution in [-0.2, 0) is 28.7 Å². The summed E-state index contributed by atoms with van der Waals surface area (Å²) >= 11 is 0. The zero-order chi connectivity index (χ0) is 25.6. The topological polar surface area (TPSA) is 94.6 Å². The van der Waals surface area contributed by atoms with E-state index in [0.717, 1.165) is 24.0 Å². The Bertz CT molecular complexity index is 1160. The summed E-state index contributed by atoms with van der Waals surface area (Å²) in [5.74, 6) is 0.120. The van der Waals surface area contributed by atoms with E-state index in [-0.39, 0.29) is 58.4 Å². The lowest BCUT2D eigenvalue weighted by atomic mass is 9.45. The molecular formula is C28H36O6S. The SMILES string of the molecule is CC(=O)CC1(C)CC(=O)C2C(CCC3=CC(=O)CCC32C)C1CCOS(=O)(=O)c1ccc(C)cc1. The molecule has 0 aromatic heterocycles. The Morgan fingerprint density at radius 3 is 2.46 bits per heavy atom. The fourth-order valence-corrected chi connectivity index (χ4v) is 8.14. The van der Waals surface area contributed by atoms with Gasteiger partial charge in [0.15, 0.2) is 5.78 Å². The summed E-state index contributed by atoms with van der Waals surface area (Å²) in [6.07, 6.45) is 5.41. The molecule has 5 atom stereocenters. The Morgan fingerprint density at radius 2 is 1.80 bits per heavy atom. The van der Waals surface area contributed by atoms with Crippen molar-refractivity contribution in [1.29, 1.82) is 0 Å². The fraction of sp³-hybridized carbons (Fsp3) is 0.607. The summed E-state index contributed by atoms with van der Waals surface area (Å²) in [4.78, 5) is 38.0. The van der Waals surface area contributed by atoms with Gasteiger partial charge in [-0.25, -0.2) is 0 Å². The Labute approximate surface area is 208 Å². The van der Waals surface area contributed by atoms with E-state index in [0.29, 0.717) is 25.7 Å². The van der Waals surface area contributed by atoms with Crippen LogP contribution in [0.3, 0.4) is 0 Å². The van der Waals surface area contributed by atoms with E-state index in [9.17, 15) is 22.8 Å². The van der Waals surface area contributed by atoms with Crippen LogP contribution in [0, 0.1) is 35.5 Å². The summed E-state index contributed by atoms with van der Waals surface area (Å²) in [5, 5.41) is 0. The number of aryl methyl sites for hydroxylation is 1. The van der Waals surface area contributed by atoms with Crippen LogP contribution in [0.1, 0.15) is 71.3 Å². The molecule has 4 rings (SSSR count). The van der Waals surface area contributed by atoms with Crippen molar-refractivity contribution in [3.8, 4) is 0 Å². The first-order valence-electron chi connectivity index (χ1n) is 12.6. The fourth-order valence-electron chi connectivity index (χ4n) is 7.22. The highest BCUT2D eigenvalue weighted by atomic mass is 32.2. The van der Waals surface area contributed by atoms with Gasteiger partial charge >= 0.3 is 0 Å². The number of ketones is 3. The first-order valence-corrected chi connectivity index (χ1v) is 14.0. The zero-order valence-corrected chi connectivity index (χ0v) is 21.9. The van der Waals surface area contributed by atoms with E-state index in [1.165, 1.54) is 0 Å². The molecule has 0 bridgehead atoms. The summed E-state index contributed by atoms with van der Waals surface area (Å²) < 4.78 is 31.0. The monoisotopic (exact) mass is 500 g/mol. The second kappa shape index (κ2) is 9.40. The van der Waals surface area contributed by atoms with Crippen LogP contribution in [-0.4, -0.2) is 32.4 Å². The van der Waals surface area contributed by atoms with Crippen LogP contribution in [0.4, 0.5) is 0 Å². The molecular weight excluding hydrogens is 464 g/mol. The van der Waals surface area contributed by atoms with E-state index in [1.807, 2.05) is 13.8 Å². The second-order valence-corrected chi connectivity index (χ2v) is 13.0. The first-order chi connectivity index (χ1) is 16.4. The molecule has 2 saturated carbocycles. The van der Waals surface area contributed by atoms with Crippen molar-refractivity contribution in [2.45, 2.75) is 77.5 Å². The van der Waals surface area contributed by atoms with Gasteiger partial charge < -0.3 is 4.79 Å². The van der Waals surface area contributed by atoms with Crippen LogP contribution in [0.25, 0.3) is 0 Å². The minimum absolute atomic E-state index is 0.00365. The number of fused-ring (bicyclic) bond motifs is 3. The van der Waals surface area contributed by atoms with Crippen LogP contribution < -0.4 is 0 Å². The molecule has 0 radical (unpaired) electrons. The molecule has 190 valence electrons. The lowest BCUT2D eigenvalue weighted by molar-refractivity contribution is -0.148. The van der Waals surface area contributed by atoms with Crippen molar-refractivity contribution in [1.82, 2.24) is 0 Å².